The molecule has 3 N–H and O–H groups in total. The predicted molar refractivity (Wildman–Crippen MR) is 65.6 cm³/mol. The number of hydrogen-bond donors (Lipinski definition) is 2. The van der Waals surface area contributed by atoms with Gasteiger partial charge in [-0.05, 0) is 18.9 Å². The molecule has 94 valence electrons. The fraction of sp³-hybridized carbons (Fsp3) is 0.462. The zero-order chi connectivity index (χ0) is 12.8. The normalized spacial score (nSPS) is 14.1. The lowest BCUT2D eigenvalue weighted by Crippen LogP contribution is -2.33. The van der Waals surface area contributed by atoms with Crippen LogP contribution in [0.3, 0.4) is 0 Å². The molecule has 0 saturated carbocycles. The maximum Gasteiger partial charge on any atom is 0.258 e. The van der Waals surface area contributed by atoms with E-state index in [0.29, 0.717) is 24.2 Å². The number of amides is 1. The van der Waals surface area contributed by atoms with Crippen LogP contribution in [0.2, 0.25) is 0 Å². The van der Waals surface area contributed by atoms with Crippen molar-refractivity contribution in [1.82, 2.24) is 0 Å². The number of benzene rings is 1. The summed E-state index contributed by atoms with van der Waals surface area (Å²) < 4.78 is 5.54. The Hall–Kier alpha value is -1.55. The molecule has 0 fully saturated rings. The lowest BCUT2D eigenvalue weighted by Gasteiger charge is -2.19. The minimum Gasteiger partial charge on any atom is -0.480 e. The SMILES string of the molecule is CCC(Oc1ccccc1[C@@H](O)CC)C(N)=O. The smallest absolute Gasteiger partial charge is 0.258 e. The second-order valence-corrected chi connectivity index (χ2v) is 3.88. The Balaban J connectivity index is 2.93. The molecule has 1 aromatic carbocycles. The standard InChI is InChI=1S/C13H19NO3/c1-3-10(15)9-7-5-6-8-12(9)17-11(4-2)13(14)16/h5-8,10-11,15H,3-4H2,1-2H3,(H2,14,16)/t10-,11?/m0/s1. The number of para-hydroxylation sites is 1. The third-order valence-corrected chi connectivity index (χ3v) is 2.62. The van der Waals surface area contributed by atoms with Gasteiger partial charge in [0.05, 0.1) is 6.10 Å². The largest absolute Gasteiger partial charge is 0.480 e. The average Bonchev–Trinajstić information content (AvgIpc) is 2.35. The lowest BCUT2D eigenvalue weighted by atomic mass is 10.1. The Morgan fingerprint density at radius 2 is 2.00 bits per heavy atom. The first kappa shape index (κ1) is 13.5. The average molecular weight is 237 g/mol. The van der Waals surface area contributed by atoms with E-state index in [4.69, 9.17) is 10.5 Å². The molecule has 1 aromatic rings. The molecule has 0 aromatic heterocycles. The summed E-state index contributed by atoms with van der Waals surface area (Å²) in [6, 6.07) is 7.15. The van der Waals surface area contributed by atoms with E-state index in [-0.39, 0.29) is 0 Å². The van der Waals surface area contributed by atoms with Crippen LogP contribution in [-0.2, 0) is 4.79 Å². The number of ether oxygens (including phenoxy) is 1. The fourth-order valence-corrected chi connectivity index (χ4v) is 1.58. The van der Waals surface area contributed by atoms with Crippen LogP contribution < -0.4 is 10.5 Å². The molecule has 0 aliphatic carbocycles. The van der Waals surface area contributed by atoms with Gasteiger partial charge in [-0.15, -0.1) is 0 Å². The van der Waals surface area contributed by atoms with Gasteiger partial charge >= 0.3 is 0 Å². The zero-order valence-corrected chi connectivity index (χ0v) is 10.2. The van der Waals surface area contributed by atoms with Crippen LogP contribution in [0.5, 0.6) is 5.75 Å². The number of primary amides is 1. The number of rotatable bonds is 6. The van der Waals surface area contributed by atoms with Crippen LogP contribution in [0.1, 0.15) is 38.4 Å². The maximum atomic E-state index is 11.1. The predicted octanol–water partition coefficient (Wildman–Crippen LogP) is 1.77. The van der Waals surface area contributed by atoms with Crippen molar-refractivity contribution < 1.29 is 14.6 Å². The topological polar surface area (TPSA) is 72.6 Å². The molecule has 1 rings (SSSR count). The van der Waals surface area contributed by atoms with Gasteiger partial charge < -0.3 is 15.6 Å². The van der Waals surface area contributed by atoms with Gasteiger partial charge in [0.15, 0.2) is 6.10 Å². The van der Waals surface area contributed by atoms with Crippen molar-refractivity contribution >= 4 is 5.91 Å². The Morgan fingerprint density at radius 1 is 1.35 bits per heavy atom. The molecule has 17 heavy (non-hydrogen) atoms. The second-order valence-electron chi connectivity index (χ2n) is 3.88. The molecular formula is C13H19NO3. The molecular weight excluding hydrogens is 218 g/mol. The third kappa shape index (κ3) is 3.46. The summed E-state index contributed by atoms with van der Waals surface area (Å²) in [7, 11) is 0. The Kier molecular flexibility index (Phi) is 4.97. The van der Waals surface area contributed by atoms with E-state index >= 15 is 0 Å². The van der Waals surface area contributed by atoms with E-state index < -0.39 is 18.1 Å². The van der Waals surface area contributed by atoms with Gasteiger partial charge in [0.25, 0.3) is 5.91 Å². The van der Waals surface area contributed by atoms with Crippen molar-refractivity contribution in [2.75, 3.05) is 0 Å². The first-order valence-corrected chi connectivity index (χ1v) is 5.83. The summed E-state index contributed by atoms with van der Waals surface area (Å²) in [5, 5.41) is 9.84. The maximum absolute atomic E-state index is 11.1. The van der Waals surface area contributed by atoms with Gasteiger partial charge in [0, 0.05) is 5.56 Å². The van der Waals surface area contributed by atoms with Crippen LogP contribution in [0.15, 0.2) is 24.3 Å². The highest BCUT2D eigenvalue weighted by Crippen LogP contribution is 2.27. The number of aliphatic hydroxyl groups is 1. The molecule has 0 radical (unpaired) electrons. The van der Waals surface area contributed by atoms with Crippen molar-refractivity contribution in [3.05, 3.63) is 29.8 Å². The molecule has 0 bridgehead atoms. The van der Waals surface area contributed by atoms with Gasteiger partial charge in [0.1, 0.15) is 5.75 Å². The highest BCUT2D eigenvalue weighted by molar-refractivity contribution is 5.79. The van der Waals surface area contributed by atoms with Crippen molar-refractivity contribution in [1.29, 1.82) is 0 Å². The Labute approximate surface area is 101 Å². The quantitative estimate of drug-likeness (QED) is 0.792. The molecule has 4 heteroatoms. The summed E-state index contributed by atoms with van der Waals surface area (Å²) in [5.74, 6) is 0.0285. The van der Waals surface area contributed by atoms with Gasteiger partial charge in [-0.2, -0.15) is 0 Å². The van der Waals surface area contributed by atoms with Crippen molar-refractivity contribution in [3.63, 3.8) is 0 Å². The summed E-state index contributed by atoms with van der Waals surface area (Å²) in [6.07, 6.45) is -0.142. The first-order chi connectivity index (χ1) is 8.10. The number of aliphatic hydroxyl groups excluding tert-OH is 1. The minimum absolute atomic E-state index is 0.492. The van der Waals surface area contributed by atoms with Gasteiger partial charge in [0.2, 0.25) is 0 Å². The number of carbonyl (C=O) groups excluding carboxylic acids is 1. The highest BCUT2D eigenvalue weighted by Gasteiger charge is 2.18. The van der Waals surface area contributed by atoms with E-state index in [1.807, 2.05) is 19.9 Å². The van der Waals surface area contributed by atoms with E-state index in [0.717, 1.165) is 0 Å². The molecule has 0 aliphatic heterocycles. The highest BCUT2D eigenvalue weighted by atomic mass is 16.5. The van der Waals surface area contributed by atoms with Gasteiger partial charge in [-0.1, -0.05) is 32.0 Å². The summed E-state index contributed by atoms with van der Waals surface area (Å²) in [6.45, 7) is 3.71. The van der Waals surface area contributed by atoms with E-state index in [1.165, 1.54) is 0 Å². The van der Waals surface area contributed by atoms with Crippen molar-refractivity contribution in [2.24, 2.45) is 5.73 Å². The van der Waals surface area contributed by atoms with Crippen LogP contribution >= 0.6 is 0 Å². The summed E-state index contributed by atoms with van der Waals surface area (Å²) >= 11 is 0. The molecule has 0 saturated heterocycles. The summed E-state index contributed by atoms with van der Waals surface area (Å²) in [4.78, 5) is 11.1. The fourth-order valence-electron chi connectivity index (χ4n) is 1.58. The van der Waals surface area contributed by atoms with Crippen molar-refractivity contribution in [2.45, 2.75) is 38.9 Å². The van der Waals surface area contributed by atoms with Gasteiger partial charge in [-0.25, -0.2) is 0 Å². The van der Waals surface area contributed by atoms with Crippen LogP contribution in [0, 0.1) is 0 Å². The lowest BCUT2D eigenvalue weighted by molar-refractivity contribution is -0.124. The molecule has 4 nitrogen and oxygen atoms in total. The number of nitrogens with two attached hydrogens (primary N) is 1. The zero-order valence-electron chi connectivity index (χ0n) is 10.2. The third-order valence-electron chi connectivity index (χ3n) is 2.62. The monoisotopic (exact) mass is 237 g/mol. The van der Waals surface area contributed by atoms with Crippen molar-refractivity contribution in [3.8, 4) is 5.75 Å². The van der Waals surface area contributed by atoms with E-state index in [1.54, 1.807) is 18.2 Å². The van der Waals surface area contributed by atoms with Crippen LogP contribution in [0.25, 0.3) is 0 Å². The molecule has 0 heterocycles. The molecule has 2 atom stereocenters. The summed E-state index contributed by atoms with van der Waals surface area (Å²) in [5.41, 5.74) is 5.92. The number of hydrogen-bond acceptors (Lipinski definition) is 3. The number of carbonyl (C=O) groups is 1. The Bertz CT molecular complexity index is 379. The van der Waals surface area contributed by atoms with Crippen LogP contribution in [-0.4, -0.2) is 17.1 Å². The second kappa shape index (κ2) is 6.25. The van der Waals surface area contributed by atoms with E-state index in [9.17, 15) is 9.90 Å². The first-order valence-electron chi connectivity index (χ1n) is 5.83. The molecule has 0 aliphatic rings. The molecule has 1 unspecified atom stereocenters. The Morgan fingerprint density at radius 3 is 2.53 bits per heavy atom. The molecule has 0 spiro atoms. The molecule has 1 amide bonds. The van der Waals surface area contributed by atoms with Gasteiger partial charge in [-0.3, -0.25) is 4.79 Å². The minimum atomic E-state index is -0.653. The van der Waals surface area contributed by atoms with Crippen LogP contribution in [0.4, 0.5) is 0 Å². The van der Waals surface area contributed by atoms with E-state index in [2.05, 4.69) is 0 Å².